The topological polar surface area (TPSA) is 131 Å². The van der Waals surface area contributed by atoms with Crippen LogP contribution in [0.3, 0.4) is 0 Å². The summed E-state index contributed by atoms with van der Waals surface area (Å²) in [4.78, 5) is 14.0. The number of aliphatic hydroxyl groups excluding tert-OH is 1. The van der Waals surface area contributed by atoms with Gasteiger partial charge < -0.3 is 18.9 Å². The van der Waals surface area contributed by atoms with Crippen molar-refractivity contribution >= 4 is 19.6 Å². The van der Waals surface area contributed by atoms with E-state index < -0.39 is 25.3 Å². The number of hydrogen-bond donors (Lipinski definition) is 1. The van der Waals surface area contributed by atoms with Crippen molar-refractivity contribution in [3.8, 4) is 0 Å². The molecule has 1 unspecified atom stereocenters. The summed E-state index contributed by atoms with van der Waals surface area (Å²) >= 11 is 0. The van der Waals surface area contributed by atoms with Gasteiger partial charge in [0.05, 0.1) is 20.3 Å². The van der Waals surface area contributed by atoms with Crippen molar-refractivity contribution in [2.75, 3.05) is 20.3 Å². The first-order chi connectivity index (χ1) is 13.2. The van der Waals surface area contributed by atoms with Gasteiger partial charge in [-0.15, -0.1) is 0 Å². The number of methoxy groups -OCH3 is 1. The average Bonchev–Trinajstić information content (AvgIpc) is 2.67. The maximum absolute atomic E-state index is 14.6. The second kappa shape index (κ2) is 10.3. The van der Waals surface area contributed by atoms with Gasteiger partial charge in [-0.05, 0) is 36.6 Å². The minimum absolute atomic E-state index is 0.259. The van der Waals surface area contributed by atoms with E-state index in [9.17, 15) is 23.2 Å². The number of aliphatic hydroxyl groups is 1. The second-order valence-electron chi connectivity index (χ2n) is 5.20. The summed E-state index contributed by atoms with van der Waals surface area (Å²) in [5.41, 5.74) is 3.98. The van der Waals surface area contributed by atoms with Crippen LogP contribution in [0.2, 0.25) is 0 Å². The van der Waals surface area contributed by atoms with Crippen LogP contribution >= 0.6 is 7.60 Å². The Labute approximate surface area is 160 Å². The zero-order valence-corrected chi connectivity index (χ0v) is 16.3. The van der Waals surface area contributed by atoms with Crippen molar-refractivity contribution in [2.45, 2.75) is 25.6 Å². The smallest absolute Gasteiger partial charge is 0.402 e. The first-order valence-electron chi connectivity index (χ1n) is 8.07. The molecular weight excluding hydrogens is 399 g/mol. The van der Waals surface area contributed by atoms with Crippen LogP contribution in [0.25, 0.3) is 16.5 Å². The van der Waals surface area contributed by atoms with E-state index in [1.807, 2.05) is 0 Å². The molecular formula is C16H20F2N3O6P. The van der Waals surface area contributed by atoms with Gasteiger partial charge in [-0.1, -0.05) is 29.4 Å². The first kappa shape index (κ1) is 23.7. The zero-order chi connectivity index (χ0) is 21.4. The summed E-state index contributed by atoms with van der Waals surface area (Å²) in [6.07, 6.45) is -1.29. The molecule has 12 heteroatoms. The van der Waals surface area contributed by atoms with Crippen molar-refractivity contribution < 1.29 is 37.0 Å². The number of ether oxygens (including phenoxy) is 1. The van der Waals surface area contributed by atoms with Gasteiger partial charge >= 0.3 is 19.2 Å². The Balaban J connectivity index is 3.20. The molecule has 1 N–H and O–H groups in total. The van der Waals surface area contributed by atoms with Crippen LogP contribution < -0.4 is 0 Å². The van der Waals surface area contributed by atoms with E-state index in [2.05, 4.69) is 23.8 Å². The molecule has 0 heterocycles. The van der Waals surface area contributed by atoms with Gasteiger partial charge in [0.1, 0.15) is 5.70 Å². The number of azide groups is 1. The lowest BCUT2D eigenvalue weighted by Gasteiger charge is -2.29. The Morgan fingerprint density at radius 1 is 1.32 bits per heavy atom. The van der Waals surface area contributed by atoms with E-state index in [-0.39, 0.29) is 24.5 Å². The highest BCUT2D eigenvalue weighted by Gasteiger charge is 2.59. The van der Waals surface area contributed by atoms with E-state index in [0.29, 0.717) is 5.56 Å². The normalized spacial score (nSPS) is 13.6. The summed E-state index contributed by atoms with van der Waals surface area (Å²) in [6.45, 7) is 2.16. The summed E-state index contributed by atoms with van der Waals surface area (Å²) in [7, 11) is -3.82. The highest BCUT2D eigenvalue weighted by molar-refractivity contribution is 7.55. The summed E-state index contributed by atoms with van der Waals surface area (Å²) < 4.78 is 55.3. The number of carbonyl (C=O) groups excluding carboxylic acids is 1. The molecule has 0 saturated carbocycles. The fraction of sp³-hybridized carbons (Fsp3) is 0.438. The molecule has 1 atom stereocenters. The van der Waals surface area contributed by atoms with Crippen molar-refractivity contribution in [3.05, 3.63) is 51.5 Å². The number of hydrogen-bond acceptors (Lipinski definition) is 7. The Morgan fingerprint density at radius 3 is 2.29 bits per heavy atom. The summed E-state index contributed by atoms with van der Waals surface area (Å²) in [6, 6.07) is 4.85. The molecule has 0 bridgehead atoms. The molecule has 0 aromatic heterocycles. The molecule has 0 saturated heterocycles. The van der Waals surface area contributed by atoms with Crippen LogP contribution in [-0.2, 0) is 23.1 Å². The minimum Gasteiger partial charge on any atom is -0.466 e. The van der Waals surface area contributed by atoms with Crippen molar-refractivity contribution in [3.63, 3.8) is 0 Å². The number of halogens is 2. The molecule has 28 heavy (non-hydrogen) atoms. The molecule has 1 aromatic rings. The van der Waals surface area contributed by atoms with Crippen LogP contribution in [0.1, 0.15) is 31.1 Å². The van der Waals surface area contributed by atoms with Gasteiger partial charge in [-0.25, -0.2) is 4.79 Å². The maximum atomic E-state index is 14.6. The third kappa shape index (κ3) is 5.37. The van der Waals surface area contributed by atoms with E-state index in [1.54, 1.807) is 0 Å². The zero-order valence-electron chi connectivity index (χ0n) is 15.4. The average molecular weight is 419 g/mol. The lowest BCUT2D eigenvalue weighted by atomic mass is 10.1. The predicted octanol–water partition coefficient (Wildman–Crippen LogP) is 4.40. The summed E-state index contributed by atoms with van der Waals surface area (Å²) in [5.74, 6) is -0.886. The number of carbonyl (C=O) groups is 1. The Morgan fingerprint density at radius 2 is 1.86 bits per heavy atom. The number of benzene rings is 1. The van der Waals surface area contributed by atoms with E-state index >= 15 is 0 Å². The SMILES string of the molecule is CCOP(=O)(OCC)C(F)(F)C(O)c1ccc(/C=C(/N=[N+]=[N-])C(=O)OC)cc1. The Kier molecular flexibility index (Phi) is 8.74. The highest BCUT2D eigenvalue weighted by Crippen LogP contribution is 2.66. The van der Waals surface area contributed by atoms with Crippen molar-refractivity contribution in [1.82, 2.24) is 0 Å². The monoisotopic (exact) mass is 419 g/mol. The van der Waals surface area contributed by atoms with E-state index in [1.165, 1.54) is 32.1 Å². The number of rotatable bonds is 10. The van der Waals surface area contributed by atoms with Crippen LogP contribution in [0.15, 0.2) is 35.1 Å². The van der Waals surface area contributed by atoms with Gasteiger partial charge in [-0.2, -0.15) is 8.78 Å². The molecule has 1 aromatic carbocycles. The Hall–Kier alpha value is -2.29. The van der Waals surface area contributed by atoms with E-state index in [0.717, 1.165) is 19.2 Å². The molecule has 1 rings (SSSR count). The van der Waals surface area contributed by atoms with Crippen LogP contribution in [0.4, 0.5) is 8.78 Å². The number of alkyl halides is 2. The molecule has 0 amide bonds. The maximum Gasteiger partial charge on any atom is 0.402 e. The molecule has 154 valence electrons. The number of nitrogens with zero attached hydrogens (tertiary/aromatic N) is 3. The molecule has 0 aliphatic heterocycles. The Bertz CT molecular complexity index is 799. The largest absolute Gasteiger partial charge is 0.466 e. The first-order valence-corrected chi connectivity index (χ1v) is 9.61. The van der Waals surface area contributed by atoms with Crippen molar-refractivity contribution in [1.29, 1.82) is 0 Å². The third-order valence-electron chi connectivity index (χ3n) is 3.39. The molecule has 0 spiro atoms. The number of esters is 1. The molecule has 0 aliphatic carbocycles. The summed E-state index contributed by atoms with van der Waals surface area (Å²) in [5, 5.41) is 13.3. The van der Waals surface area contributed by atoms with Crippen LogP contribution in [-0.4, -0.2) is 37.1 Å². The molecule has 9 nitrogen and oxygen atoms in total. The van der Waals surface area contributed by atoms with Gasteiger partial charge in [0.2, 0.25) is 0 Å². The predicted molar refractivity (Wildman–Crippen MR) is 96.3 cm³/mol. The molecule has 0 fully saturated rings. The van der Waals surface area contributed by atoms with Gasteiger partial charge in [0, 0.05) is 4.91 Å². The van der Waals surface area contributed by atoms with Crippen molar-refractivity contribution in [2.24, 2.45) is 5.11 Å². The van der Waals surface area contributed by atoms with Gasteiger partial charge in [0.25, 0.3) is 0 Å². The lowest BCUT2D eigenvalue weighted by Crippen LogP contribution is -2.28. The van der Waals surface area contributed by atoms with Crippen LogP contribution in [0, 0.1) is 0 Å². The molecule has 0 aliphatic rings. The molecule has 0 radical (unpaired) electrons. The lowest BCUT2D eigenvalue weighted by molar-refractivity contribution is -0.136. The third-order valence-corrected chi connectivity index (χ3v) is 5.57. The fourth-order valence-electron chi connectivity index (χ4n) is 2.11. The quantitative estimate of drug-likeness (QED) is 0.149. The van der Waals surface area contributed by atoms with Gasteiger partial charge in [-0.3, -0.25) is 4.57 Å². The fourth-order valence-corrected chi connectivity index (χ4v) is 3.66. The van der Waals surface area contributed by atoms with Crippen LogP contribution in [0.5, 0.6) is 0 Å². The second-order valence-corrected chi connectivity index (χ2v) is 7.31. The highest BCUT2D eigenvalue weighted by atomic mass is 31.2. The van der Waals surface area contributed by atoms with E-state index in [4.69, 9.17) is 5.53 Å². The van der Waals surface area contributed by atoms with Gasteiger partial charge in [0.15, 0.2) is 6.10 Å². The minimum atomic E-state index is -4.92. The standard InChI is InChI=1S/C16H20F2N3O6P/c1-4-26-28(24,27-5-2)16(17,18)14(22)12-8-6-11(7-9-12)10-13(20-21-19)15(23)25-3/h6-10,14,22H,4-5H2,1-3H3/b13-10+.